The fourth-order valence-corrected chi connectivity index (χ4v) is 2.62. The third-order valence-corrected chi connectivity index (χ3v) is 3.94. The molecule has 0 aliphatic carbocycles. The lowest BCUT2D eigenvalue weighted by atomic mass is 10.2. The molecule has 3 aromatic rings. The molecule has 5 nitrogen and oxygen atoms in total. The Hall–Kier alpha value is -2.60. The first-order chi connectivity index (χ1) is 10.8. The zero-order chi connectivity index (χ0) is 15.2. The average molecular weight is 310 g/mol. The Bertz CT molecular complexity index is 753. The van der Waals surface area contributed by atoms with E-state index in [1.807, 2.05) is 18.2 Å². The van der Waals surface area contributed by atoms with Crippen LogP contribution >= 0.6 is 11.8 Å². The largest absolute Gasteiger partial charge is 0.508 e. The van der Waals surface area contributed by atoms with Gasteiger partial charge in [-0.1, -0.05) is 42.1 Å². The second kappa shape index (κ2) is 6.91. The van der Waals surface area contributed by atoms with Gasteiger partial charge >= 0.3 is 0 Å². The van der Waals surface area contributed by atoms with Gasteiger partial charge in [-0.25, -0.2) is 0 Å². The molecule has 110 valence electrons. The highest BCUT2D eigenvalue weighted by Crippen LogP contribution is 2.20. The van der Waals surface area contributed by atoms with Crippen LogP contribution in [0.3, 0.4) is 0 Å². The van der Waals surface area contributed by atoms with E-state index in [4.69, 9.17) is 0 Å². The fourth-order valence-electron chi connectivity index (χ4n) is 1.80. The number of benzene rings is 2. The van der Waals surface area contributed by atoms with E-state index in [0.717, 1.165) is 16.5 Å². The SMILES string of the molecule is Oc1ccc(/C=N\n2cnnc2SCc2ccccc2)cc1. The van der Waals surface area contributed by atoms with Gasteiger partial charge in [0.1, 0.15) is 12.1 Å². The summed E-state index contributed by atoms with van der Waals surface area (Å²) in [6.07, 6.45) is 3.28. The number of phenolic OH excluding ortho intramolecular Hbond substituents is 1. The van der Waals surface area contributed by atoms with Crippen molar-refractivity contribution >= 4 is 18.0 Å². The molecule has 0 bridgehead atoms. The summed E-state index contributed by atoms with van der Waals surface area (Å²) in [5.41, 5.74) is 2.12. The van der Waals surface area contributed by atoms with Gasteiger partial charge in [-0.15, -0.1) is 10.2 Å². The molecular weight excluding hydrogens is 296 g/mol. The Labute approximate surface area is 132 Å². The van der Waals surface area contributed by atoms with Crippen molar-refractivity contribution in [1.29, 1.82) is 0 Å². The molecule has 3 rings (SSSR count). The highest BCUT2D eigenvalue weighted by Gasteiger charge is 2.04. The molecule has 1 N–H and O–H groups in total. The van der Waals surface area contributed by atoms with Crippen molar-refractivity contribution in [3.63, 3.8) is 0 Å². The topological polar surface area (TPSA) is 63.3 Å². The first-order valence-electron chi connectivity index (χ1n) is 6.71. The Morgan fingerprint density at radius 3 is 2.64 bits per heavy atom. The molecule has 0 spiro atoms. The Morgan fingerprint density at radius 2 is 1.86 bits per heavy atom. The summed E-state index contributed by atoms with van der Waals surface area (Å²) in [4.78, 5) is 0. The standard InChI is InChI=1S/C16H14N4OS/c21-15-8-6-13(7-9-15)10-18-20-12-17-19-16(20)22-11-14-4-2-1-3-5-14/h1-10,12,21H,11H2/b18-10-. The normalized spacial score (nSPS) is 11.1. The molecule has 6 heteroatoms. The smallest absolute Gasteiger partial charge is 0.212 e. The van der Waals surface area contributed by atoms with Gasteiger partial charge in [-0.05, 0) is 35.4 Å². The number of thioether (sulfide) groups is 1. The van der Waals surface area contributed by atoms with E-state index in [9.17, 15) is 5.11 Å². The molecule has 0 radical (unpaired) electrons. The van der Waals surface area contributed by atoms with Crippen LogP contribution in [0.2, 0.25) is 0 Å². The number of aromatic hydroxyl groups is 1. The first kappa shape index (κ1) is 14.3. The lowest BCUT2D eigenvalue weighted by Crippen LogP contribution is -1.92. The van der Waals surface area contributed by atoms with E-state index >= 15 is 0 Å². The van der Waals surface area contributed by atoms with Crippen LogP contribution in [0, 0.1) is 0 Å². The number of hydrogen-bond donors (Lipinski definition) is 1. The molecule has 0 amide bonds. The van der Waals surface area contributed by atoms with E-state index in [-0.39, 0.29) is 5.75 Å². The maximum atomic E-state index is 9.26. The summed E-state index contributed by atoms with van der Waals surface area (Å²) in [6, 6.07) is 17.0. The average Bonchev–Trinajstić information content (AvgIpc) is 3.01. The Morgan fingerprint density at radius 1 is 1.09 bits per heavy atom. The Balaban J connectivity index is 1.68. The van der Waals surface area contributed by atoms with Crippen molar-refractivity contribution in [3.8, 4) is 5.75 Å². The highest BCUT2D eigenvalue weighted by atomic mass is 32.2. The predicted octanol–water partition coefficient (Wildman–Crippen LogP) is 3.16. The summed E-state index contributed by atoms with van der Waals surface area (Å²) in [5.74, 6) is 1.05. The summed E-state index contributed by atoms with van der Waals surface area (Å²) in [5, 5.41) is 22.3. The molecule has 0 atom stereocenters. The third kappa shape index (κ3) is 3.73. The van der Waals surface area contributed by atoms with Crippen LogP contribution in [0.4, 0.5) is 0 Å². The molecule has 22 heavy (non-hydrogen) atoms. The number of rotatable bonds is 5. The fraction of sp³-hybridized carbons (Fsp3) is 0.0625. The minimum absolute atomic E-state index is 0.237. The van der Waals surface area contributed by atoms with Gasteiger partial charge < -0.3 is 5.11 Å². The van der Waals surface area contributed by atoms with Crippen molar-refractivity contribution in [2.75, 3.05) is 0 Å². The van der Waals surface area contributed by atoms with E-state index in [2.05, 4.69) is 27.4 Å². The van der Waals surface area contributed by atoms with Crippen LogP contribution in [-0.2, 0) is 5.75 Å². The molecule has 0 unspecified atom stereocenters. The van der Waals surface area contributed by atoms with E-state index in [1.165, 1.54) is 5.56 Å². The molecule has 0 saturated carbocycles. The van der Waals surface area contributed by atoms with Crippen LogP contribution in [0.25, 0.3) is 0 Å². The minimum Gasteiger partial charge on any atom is -0.508 e. The van der Waals surface area contributed by atoms with Crippen molar-refractivity contribution in [1.82, 2.24) is 14.9 Å². The molecular formula is C16H14N4OS. The lowest BCUT2D eigenvalue weighted by Gasteiger charge is -2.01. The highest BCUT2D eigenvalue weighted by molar-refractivity contribution is 7.98. The van der Waals surface area contributed by atoms with Crippen LogP contribution < -0.4 is 0 Å². The van der Waals surface area contributed by atoms with Crippen LogP contribution in [-0.4, -0.2) is 26.2 Å². The minimum atomic E-state index is 0.237. The second-order valence-electron chi connectivity index (χ2n) is 4.57. The Kier molecular flexibility index (Phi) is 4.50. The predicted molar refractivity (Wildman–Crippen MR) is 87.1 cm³/mol. The van der Waals surface area contributed by atoms with Gasteiger partial charge in [0.15, 0.2) is 0 Å². The van der Waals surface area contributed by atoms with E-state index < -0.39 is 0 Å². The number of nitrogens with zero attached hydrogens (tertiary/aromatic N) is 4. The van der Waals surface area contributed by atoms with Crippen LogP contribution in [0.5, 0.6) is 5.75 Å². The van der Waals surface area contributed by atoms with Crippen LogP contribution in [0.15, 0.2) is 71.2 Å². The summed E-state index contributed by atoms with van der Waals surface area (Å²) in [6.45, 7) is 0. The quantitative estimate of drug-likeness (QED) is 0.581. The maximum absolute atomic E-state index is 9.26. The monoisotopic (exact) mass is 310 g/mol. The van der Waals surface area contributed by atoms with Gasteiger partial charge in [-0.2, -0.15) is 9.78 Å². The first-order valence-corrected chi connectivity index (χ1v) is 7.70. The molecule has 0 fully saturated rings. The second-order valence-corrected chi connectivity index (χ2v) is 5.51. The zero-order valence-electron chi connectivity index (χ0n) is 11.7. The van der Waals surface area contributed by atoms with Crippen LogP contribution in [0.1, 0.15) is 11.1 Å². The molecule has 0 aliphatic heterocycles. The summed E-state index contributed by atoms with van der Waals surface area (Å²) in [7, 11) is 0. The van der Waals surface area contributed by atoms with Crippen molar-refractivity contribution < 1.29 is 5.11 Å². The molecule has 0 saturated heterocycles. The number of phenols is 1. The van der Waals surface area contributed by atoms with Gasteiger partial charge in [-0.3, -0.25) is 0 Å². The summed E-state index contributed by atoms with van der Waals surface area (Å²) < 4.78 is 1.64. The van der Waals surface area contributed by atoms with E-state index in [0.29, 0.717) is 0 Å². The molecule has 0 aliphatic rings. The van der Waals surface area contributed by atoms with Gasteiger partial charge in [0.05, 0.1) is 6.21 Å². The third-order valence-electron chi connectivity index (χ3n) is 2.94. The lowest BCUT2D eigenvalue weighted by molar-refractivity contribution is 0.475. The van der Waals surface area contributed by atoms with Crippen molar-refractivity contribution in [2.24, 2.45) is 5.10 Å². The van der Waals surface area contributed by atoms with E-state index in [1.54, 1.807) is 53.2 Å². The van der Waals surface area contributed by atoms with Gasteiger partial charge in [0, 0.05) is 5.75 Å². The number of hydrogen-bond acceptors (Lipinski definition) is 5. The van der Waals surface area contributed by atoms with Gasteiger partial charge in [0.25, 0.3) is 0 Å². The maximum Gasteiger partial charge on any atom is 0.212 e. The van der Waals surface area contributed by atoms with Crippen molar-refractivity contribution in [2.45, 2.75) is 10.9 Å². The zero-order valence-corrected chi connectivity index (χ0v) is 12.5. The number of aromatic nitrogens is 3. The van der Waals surface area contributed by atoms with Crippen molar-refractivity contribution in [3.05, 3.63) is 72.1 Å². The van der Waals surface area contributed by atoms with Gasteiger partial charge in [0.2, 0.25) is 5.16 Å². The molecule has 1 heterocycles. The summed E-state index contributed by atoms with van der Waals surface area (Å²) >= 11 is 1.58. The molecule has 2 aromatic carbocycles. The molecule has 1 aromatic heterocycles.